The van der Waals surface area contributed by atoms with E-state index in [-0.39, 0.29) is 11.7 Å². The molecule has 0 aliphatic carbocycles. The molecule has 0 aromatic heterocycles. The Morgan fingerprint density at radius 1 is 1.00 bits per heavy atom. The van der Waals surface area contributed by atoms with E-state index in [4.69, 9.17) is 11.6 Å². The zero-order valence-corrected chi connectivity index (χ0v) is 20.1. The molecule has 0 atom stereocenters. The average Bonchev–Trinajstić information content (AvgIpc) is 3.30. The largest absolute Gasteiger partial charge is 0.506 e. The zero-order valence-electron chi connectivity index (χ0n) is 17.7. The highest BCUT2D eigenvalue weighted by molar-refractivity contribution is 8.19. The van der Waals surface area contributed by atoms with Gasteiger partial charge in [0, 0.05) is 23.5 Å². The Morgan fingerprint density at radius 2 is 1.76 bits per heavy atom. The fourth-order valence-electron chi connectivity index (χ4n) is 3.68. The Kier molecular flexibility index (Phi) is 6.10. The van der Waals surface area contributed by atoms with Gasteiger partial charge in [-0.1, -0.05) is 65.8 Å². The Hall–Kier alpha value is -2.87. The van der Waals surface area contributed by atoms with E-state index < -0.39 is 0 Å². The van der Waals surface area contributed by atoms with Crippen molar-refractivity contribution in [2.24, 2.45) is 4.99 Å². The molecule has 1 N–H and O–H groups in total. The van der Waals surface area contributed by atoms with Gasteiger partial charge in [0.15, 0.2) is 5.17 Å². The molecule has 166 valence electrons. The first-order chi connectivity index (χ1) is 16.0. The molecule has 0 spiro atoms. The maximum Gasteiger partial charge on any atom is 0.269 e. The molecule has 0 saturated carbocycles. The Balaban J connectivity index is 1.51. The molecule has 0 radical (unpaired) electrons. The van der Waals surface area contributed by atoms with Crippen molar-refractivity contribution >= 4 is 57.6 Å². The second-order valence-electron chi connectivity index (χ2n) is 7.58. The van der Waals surface area contributed by atoms with Gasteiger partial charge in [0.1, 0.15) is 16.3 Å². The molecule has 2 aliphatic heterocycles. The second kappa shape index (κ2) is 9.17. The monoisotopic (exact) mass is 493 g/mol. The van der Waals surface area contributed by atoms with Crippen LogP contribution in [-0.2, 0) is 11.2 Å². The molecule has 5 nitrogen and oxygen atoms in total. The van der Waals surface area contributed by atoms with Gasteiger partial charge in [-0.05, 0) is 54.1 Å². The number of amides is 1. The number of carbonyl (C=O) groups is 1. The minimum absolute atomic E-state index is 0.0802. The van der Waals surface area contributed by atoms with E-state index in [1.807, 2.05) is 66.5 Å². The highest BCUT2D eigenvalue weighted by Gasteiger charge is 2.39. The number of halogens is 1. The lowest BCUT2D eigenvalue weighted by atomic mass is 10.1. The highest BCUT2D eigenvalue weighted by Crippen LogP contribution is 2.50. The molecule has 33 heavy (non-hydrogen) atoms. The molecule has 8 heteroatoms. The van der Waals surface area contributed by atoms with Crippen LogP contribution in [0.5, 0.6) is 5.75 Å². The summed E-state index contributed by atoms with van der Waals surface area (Å²) in [5.74, 6) is -0.00470. The lowest BCUT2D eigenvalue weighted by Gasteiger charge is -2.17. The summed E-state index contributed by atoms with van der Waals surface area (Å²) in [5, 5.41) is 12.3. The summed E-state index contributed by atoms with van der Waals surface area (Å²) < 4.78 is 0. The van der Waals surface area contributed by atoms with Crippen LogP contribution in [0.15, 0.2) is 92.6 Å². The number of aromatic hydroxyl groups is 1. The number of aliphatic imine (C=N–C) groups is 1. The summed E-state index contributed by atoms with van der Waals surface area (Å²) in [6, 6.07) is 22.7. The molecule has 3 aromatic carbocycles. The Labute approximate surface area is 205 Å². The number of fused-ring (bicyclic) bond motifs is 1. The number of hydrogen-bond donors (Lipinski definition) is 1. The van der Waals surface area contributed by atoms with Crippen LogP contribution in [0.4, 0.5) is 11.4 Å². The average molecular weight is 494 g/mol. The minimum Gasteiger partial charge on any atom is -0.506 e. The smallest absolute Gasteiger partial charge is 0.269 e. The van der Waals surface area contributed by atoms with Crippen molar-refractivity contribution in [3.63, 3.8) is 0 Å². The third kappa shape index (κ3) is 4.36. The van der Waals surface area contributed by atoms with E-state index in [9.17, 15) is 9.90 Å². The normalized spacial score (nSPS) is 19.0. The standard InChI is InChI=1S/C25H20ClN3O2S2/c1-28-19-15-17(26)11-12-21(19)32-24(28)22-23(31)29(14-13-16-7-3-2-4-8-16)25(33-22)27-18-9-5-6-10-20(18)30/h2-12,15,30H,13-14H2,1H3. The van der Waals surface area contributed by atoms with Crippen molar-refractivity contribution < 1.29 is 9.90 Å². The van der Waals surface area contributed by atoms with Gasteiger partial charge in [0.2, 0.25) is 0 Å². The minimum atomic E-state index is -0.0849. The fourth-order valence-corrected chi connectivity index (χ4v) is 6.19. The first-order valence-corrected chi connectivity index (χ1v) is 12.4. The first-order valence-electron chi connectivity index (χ1n) is 10.4. The van der Waals surface area contributed by atoms with Gasteiger partial charge in [0.25, 0.3) is 5.91 Å². The van der Waals surface area contributed by atoms with E-state index >= 15 is 0 Å². The summed E-state index contributed by atoms with van der Waals surface area (Å²) in [6.45, 7) is 0.492. The van der Waals surface area contributed by atoms with Crippen LogP contribution < -0.4 is 4.90 Å². The summed E-state index contributed by atoms with van der Waals surface area (Å²) >= 11 is 9.10. The van der Waals surface area contributed by atoms with Gasteiger partial charge in [-0.15, -0.1) is 0 Å². The predicted molar refractivity (Wildman–Crippen MR) is 137 cm³/mol. The second-order valence-corrected chi connectivity index (χ2v) is 10.0. The molecule has 3 aromatic rings. The van der Waals surface area contributed by atoms with Crippen LogP contribution in [0.25, 0.3) is 0 Å². The van der Waals surface area contributed by atoms with Crippen molar-refractivity contribution in [1.29, 1.82) is 0 Å². The number of benzene rings is 3. The highest BCUT2D eigenvalue weighted by atomic mass is 35.5. The van der Waals surface area contributed by atoms with Gasteiger partial charge in [-0.25, -0.2) is 4.99 Å². The first kappa shape index (κ1) is 21.9. The van der Waals surface area contributed by atoms with Crippen LogP contribution in [0.1, 0.15) is 5.56 Å². The maximum absolute atomic E-state index is 13.6. The number of phenols is 1. The number of thioether (sulfide) groups is 2. The Bertz CT molecular complexity index is 1290. The van der Waals surface area contributed by atoms with Crippen molar-refractivity contribution in [3.05, 3.63) is 93.3 Å². The van der Waals surface area contributed by atoms with Crippen LogP contribution in [-0.4, -0.2) is 34.7 Å². The lowest BCUT2D eigenvalue weighted by Crippen LogP contribution is -2.31. The van der Waals surface area contributed by atoms with E-state index in [0.29, 0.717) is 33.7 Å². The topological polar surface area (TPSA) is 56.1 Å². The molecule has 5 rings (SSSR count). The molecular formula is C25H20ClN3O2S2. The van der Waals surface area contributed by atoms with Gasteiger partial charge >= 0.3 is 0 Å². The number of hydrogen-bond acceptors (Lipinski definition) is 6. The quantitative estimate of drug-likeness (QED) is 0.434. The van der Waals surface area contributed by atoms with Crippen molar-refractivity contribution in [1.82, 2.24) is 4.90 Å². The van der Waals surface area contributed by atoms with Crippen LogP contribution in [0, 0.1) is 0 Å². The van der Waals surface area contributed by atoms with Gasteiger partial charge in [0.05, 0.1) is 10.7 Å². The molecule has 0 unspecified atom stereocenters. The number of amidine groups is 1. The van der Waals surface area contributed by atoms with Gasteiger partial charge < -0.3 is 10.0 Å². The number of carbonyl (C=O) groups excluding carboxylic acids is 1. The van der Waals surface area contributed by atoms with E-state index in [1.54, 1.807) is 34.9 Å². The van der Waals surface area contributed by atoms with Crippen molar-refractivity contribution in [3.8, 4) is 5.75 Å². The van der Waals surface area contributed by atoms with Crippen LogP contribution >= 0.6 is 35.1 Å². The summed E-state index contributed by atoms with van der Waals surface area (Å²) in [5.41, 5.74) is 2.56. The van der Waals surface area contributed by atoms with Crippen molar-refractivity contribution in [2.45, 2.75) is 11.3 Å². The Morgan fingerprint density at radius 3 is 2.55 bits per heavy atom. The van der Waals surface area contributed by atoms with Crippen molar-refractivity contribution in [2.75, 3.05) is 18.5 Å². The molecule has 1 fully saturated rings. The third-order valence-corrected chi connectivity index (χ3v) is 8.08. The number of rotatable bonds is 4. The van der Waals surface area contributed by atoms with Crippen LogP contribution in [0.2, 0.25) is 5.02 Å². The predicted octanol–water partition coefficient (Wildman–Crippen LogP) is 6.26. The summed E-state index contributed by atoms with van der Waals surface area (Å²) in [6.07, 6.45) is 0.703. The van der Waals surface area contributed by atoms with Gasteiger partial charge in [-0.3, -0.25) is 9.69 Å². The molecule has 1 amide bonds. The third-order valence-electron chi connectivity index (χ3n) is 5.42. The summed E-state index contributed by atoms with van der Waals surface area (Å²) in [7, 11) is 1.94. The molecule has 0 bridgehead atoms. The number of anilines is 1. The maximum atomic E-state index is 13.6. The van der Waals surface area contributed by atoms with Crippen LogP contribution in [0.3, 0.4) is 0 Å². The fraction of sp³-hybridized carbons (Fsp3) is 0.120. The zero-order chi connectivity index (χ0) is 22.9. The molecule has 1 saturated heterocycles. The lowest BCUT2D eigenvalue weighted by molar-refractivity contribution is -0.122. The SMILES string of the molecule is CN1C(=C2SC(=Nc3ccccc3O)N(CCc3ccccc3)C2=O)Sc2ccc(Cl)cc21. The van der Waals surface area contributed by atoms with E-state index in [0.717, 1.165) is 21.2 Å². The van der Waals surface area contributed by atoms with Gasteiger partial charge in [-0.2, -0.15) is 0 Å². The number of para-hydroxylation sites is 2. The van der Waals surface area contributed by atoms with E-state index in [2.05, 4.69) is 4.99 Å². The number of nitrogens with zero attached hydrogens (tertiary/aromatic N) is 3. The summed E-state index contributed by atoms with van der Waals surface area (Å²) in [4.78, 5) is 23.7. The number of phenolic OH excluding ortho intramolecular Hbond substituents is 1. The van der Waals surface area contributed by atoms with E-state index in [1.165, 1.54) is 11.8 Å². The molecule has 2 heterocycles. The molecule has 2 aliphatic rings. The molecular weight excluding hydrogens is 474 g/mol.